The molecule has 14 heavy (non-hydrogen) atoms. The lowest BCUT2D eigenvalue weighted by Crippen LogP contribution is -2.47. The maximum atomic E-state index is 5.67. The second-order valence-electron chi connectivity index (χ2n) is 4.15. The zero-order chi connectivity index (χ0) is 9.97. The van der Waals surface area contributed by atoms with E-state index >= 15 is 0 Å². The van der Waals surface area contributed by atoms with Gasteiger partial charge in [0.15, 0.2) is 5.96 Å². The third-order valence-corrected chi connectivity index (χ3v) is 2.82. The van der Waals surface area contributed by atoms with Crippen LogP contribution in [0.2, 0.25) is 0 Å². The van der Waals surface area contributed by atoms with Crippen LogP contribution in [0.4, 0.5) is 0 Å². The van der Waals surface area contributed by atoms with Crippen molar-refractivity contribution in [2.45, 2.75) is 44.9 Å². The number of guanidine groups is 1. The van der Waals surface area contributed by atoms with E-state index in [2.05, 4.69) is 29.5 Å². The van der Waals surface area contributed by atoms with Crippen LogP contribution in [-0.4, -0.2) is 37.3 Å². The second-order valence-corrected chi connectivity index (χ2v) is 4.15. The molecule has 2 heterocycles. The van der Waals surface area contributed by atoms with E-state index in [1.54, 1.807) is 0 Å². The second kappa shape index (κ2) is 4.17. The average molecular weight is 197 g/mol. The first-order valence-corrected chi connectivity index (χ1v) is 5.46. The van der Waals surface area contributed by atoms with Crippen LogP contribution in [0.25, 0.3) is 0 Å². The average Bonchev–Trinajstić information content (AvgIpc) is 2.47. The van der Waals surface area contributed by atoms with Gasteiger partial charge < -0.3 is 15.4 Å². The van der Waals surface area contributed by atoms with Gasteiger partial charge in [0.1, 0.15) is 0 Å². The van der Waals surface area contributed by atoms with Crippen LogP contribution in [0.15, 0.2) is 4.99 Å². The Morgan fingerprint density at radius 1 is 1.50 bits per heavy atom. The molecule has 3 atom stereocenters. The number of hydrogen-bond acceptors (Lipinski definition) is 4. The summed E-state index contributed by atoms with van der Waals surface area (Å²) >= 11 is 0. The minimum atomic E-state index is 0.288. The zero-order valence-electron chi connectivity index (χ0n) is 8.92. The summed E-state index contributed by atoms with van der Waals surface area (Å²) in [6, 6.07) is 0.411. The molecule has 3 unspecified atom stereocenters. The molecule has 2 aliphatic rings. The lowest BCUT2D eigenvalue weighted by Gasteiger charge is -2.21. The Morgan fingerprint density at radius 2 is 2.36 bits per heavy atom. The molecule has 0 aromatic rings. The van der Waals surface area contributed by atoms with Crippen molar-refractivity contribution >= 4 is 5.96 Å². The van der Waals surface area contributed by atoms with Gasteiger partial charge in [-0.3, -0.25) is 4.99 Å². The van der Waals surface area contributed by atoms with E-state index in [0.717, 1.165) is 31.9 Å². The van der Waals surface area contributed by atoms with Crippen LogP contribution in [0, 0.1) is 0 Å². The molecule has 1 fully saturated rings. The number of rotatable bonds is 1. The molecule has 0 radical (unpaired) electrons. The Balaban J connectivity index is 1.87. The molecule has 0 aromatic heterocycles. The minimum absolute atomic E-state index is 0.288. The number of aliphatic imine (C=N–C) groups is 1. The molecular weight excluding hydrogens is 178 g/mol. The Kier molecular flexibility index (Phi) is 2.91. The van der Waals surface area contributed by atoms with Crippen LogP contribution in [-0.2, 0) is 4.74 Å². The Bertz CT molecular complexity index is 229. The summed E-state index contributed by atoms with van der Waals surface area (Å²) in [7, 11) is 0. The molecule has 0 aromatic carbocycles. The largest absolute Gasteiger partial charge is 0.373 e. The van der Waals surface area contributed by atoms with E-state index in [0.29, 0.717) is 12.1 Å². The summed E-state index contributed by atoms with van der Waals surface area (Å²) in [5.74, 6) is 0.950. The summed E-state index contributed by atoms with van der Waals surface area (Å²) in [5.41, 5.74) is 0. The van der Waals surface area contributed by atoms with Crippen LogP contribution < -0.4 is 10.6 Å². The Hall–Kier alpha value is -0.770. The van der Waals surface area contributed by atoms with Crippen LogP contribution in [0.5, 0.6) is 0 Å². The first-order chi connectivity index (χ1) is 6.75. The summed E-state index contributed by atoms with van der Waals surface area (Å²) < 4.78 is 5.67. The van der Waals surface area contributed by atoms with Crippen LogP contribution in [0.1, 0.15) is 26.7 Å². The standard InChI is InChI=1S/C10H19N3O/c1-7-6-9(8(2)14-7)13-10-11-4-3-5-12-10/h7-9H,3-6H2,1-2H3,(H2,11,12,13). The molecule has 2 N–H and O–H groups in total. The van der Waals surface area contributed by atoms with E-state index in [4.69, 9.17) is 4.74 Å². The van der Waals surface area contributed by atoms with Crippen molar-refractivity contribution in [3.63, 3.8) is 0 Å². The molecule has 0 saturated carbocycles. The number of hydrogen-bond donors (Lipinski definition) is 2. The van der Waals surface area contributed by atoms with Gasteiger partial charge in [-0.2, -0.15) is 0 Å². The fourth-order valence-electron chi connectivity index (χ4n) is 2.05. The van der Waals surface area contributed by atoms with Crippen molar-refractivity contribution in [2.75, 3.05) is 13.1 Å². The van der Waals surface area contributed by atoms with Crippen molar-refractivity contribution in [2.24, 2.45) is 4.99 Å². The molecular formula is C10H19N3O. The number of nitrogens with zero attached hydrogens (tertiary/aromatic N) is 1. The molecule has 4 heteroatoms. The van der Waals surface area contributed by atoms with Gasteiger partial charge >= 0.3 is 0 Å². The predicted molar refractivity (Wildman–Crippen MR) is 56.5 cm³/mol. The highest BCUT2D eigenvalue weighted by Crippen LogP contribution is 2.19. The van der Waals surface area contributed by atoms with Crippen molar-refractivity contribution in [3.8, 4) is 0 Å². The normalized spacial score (nSPS) is 37.6. The number of nitrogens with one attached hydrogen (secondary N) is 2. The summed E-state index contributed by atoms with van der Waals surface area (Å²) in [6.45, 7) is 6.20. The van der Waals surface area contributed by atoms with Crippen LogP contribution in [0.3, 0.4) is 0 Å². The van der Waals surface area contributed by atoms with E-state index in [1.165, 1.54) is 0 Å². The van der Waals surface area contributed by atoms with Crippen molar-refractivity contribution in [1.82, 2.24) is 10.6 Å². The molecule has 80 valence electrons. The first-order valence-electron chi connectivity index (χ1n) is 5.46. The predicted octanol–water partition coefficient (Wildman–Crippen LogP) is 0.491. The lowest BCUT2D eigenvalue weighted by molar-refractivity contribution is 0.0621. The SMILES string of the molecule is CC1CC(NC2=NCCCN2)C(C)O1. The topological polar surface area (TPSA) is 45.7 Å². The highest BCUT2D eigenvalue weighted by Gasteiger charge is 2.30. The van der Waals surface area contributed by atoms with E-state index in [-0.39, 0.29) is 6.10 Å². The lowest BCUT2D eigenvalue weighted by atomic mass is 10.1. The van der Waals surface area contributed by atoms with E-state index in [1.807, 2.05) is 0 Å². The third-order valence-electron chi connectivity index (χ3n) is 2.82. The van der Waals surface area contributed by atoms with Crippen molar-refractivity contribution < 1.29 is 4.74 Å². The van der Waals surface area contributed by atoms with Crippen LogP contribution >= 0.6 is 0 Å². The zero-order valence-corrected chi connectivity index (χ0v) is 8.92. The minimum Gasteiger partial charge on any atom is -0.373 e. The van der Waals surface area contributed by atoms with Gasteiger partial charge in [-0.1, -0.05) is 0 Å². The highest BCUT2D eigenvalue weighted by atomic mass is 16.5. The third kappa shape index (κ3) is 2.18. The van der Waals surface area contributed by atoms with Gasteiger partial charge in [-0.25, -0.2) is 0 Å². The van der Waals surface area contributed by atoms with Gasteiger partial charge in [-0.05, 0) is 26.7 Å². The van der Waals surface area contributed by atoms with Gasteiger partial charge in [0, 0.05) is 13.1 Å². The van der Waals surface area contributed by atoms with Gasteiger partial charge in [-0.15, -0.1) is 0 Å². The molecule has 2 rings (SSSR count). The van der Waals surface area contributed by atoms with E-state index < -0.39 is 0 Å². The molecule has 2 aliphatic heterocycles. The van der Waals surface area contributed by atoms with Gasteiger partial charge in [0.05, 0.1) is 18.2 Å². The monoisotopic (exact) mass is 197 g/mol. The molecule has 0 aliphatic carbocycles. The maximum Gasteiger partial charge on any atom is 0.191 e. The first kappa shape index (κ1) is 9.77. The quantitative estimate of drug-likeness (QED) is 0.643. The van der Waals surface area contributed by atoms with Crippen molar-refractivity contribution in [3.05, 3.63) is 0 Å². The van der Waals surface area contributed by atoms with E-state index in [9.17, 15) is 0 Å². The molecule has 0 spiro atoms. The summed E-state index contributed by atoms with van der Waals surface area (Å²) in [4.78, 5) is 4.39. The fourth-order valence-corrected chi connectivity index (χ4v) is 2.05. The smallest absolute Gasteiger partial charge is 0.191 e. The van der Waals surface area contributed by atoms with Crippen molar-refractivity contribution in [1.29, 1.82) is 0 Å². The number of ether oxygens (including phenoxy) is 1. The molecule has 0 amide bonds. The summed E-state index contributed by atoms with van der Waals surface area (Å²) in [6.07, 6.45) is 2.86. The van der Waals surface area contributed by atoms with Gasteiger partial charge in [0.25, 0.3) is 0 Å². The fraction of sp³-hybridized carbons (Fsp3) is 0.900. The molecule has 4 nitrogen and oxygen atoms in total. The molecule has 1 saturated heterocycles. The Morgan fingerprint density at radius 3 is 2.93 bits per heavy atom. The Labute approximate surface area is 85.1 Å². The summed E-state index contributed by atoms with van der Waals surface area (Å²) in [5, 5.41) is 6.68. The molecule has 0 bridgehead atoms. The maximum absolute atomic E-state index is 5.67. The highest BCUT2D eigenvalue weighted by molar-refractivity contribution is 5.80. The van der Waals surface area contributed by atoms with Gasteiger partial charge in [0.2, 0.25) is 0 Å².